The van der Waals surface area contributed by atoms with E-state index in [-0.39, 0.29) is 16.6 Å². The van der Waals surface area contributed by atoms with Crippen molar-refractivity contribution >= 4 is 71.9 Å². The van der Waals surface area contributed by atoms with Gasteiger partial charge in [0.1, 0.15) is 27.3 Å². The molecule has 3 heterocycles. The monoisotopic (exact) mass is 496 g/mol. The molecule has 0 aliphatic heterocycles. The highest BCUT2D eigenvalue weighted by Gasteiger charge is 2.23. The number of hydrogen-bond acceptors (Lipinski definition) is 9. The molecule has 6 nitrogen and oxygen atoms in total. The maximum Gasteiger partial charge on any atom is 0.277 e. The van der Waals surface area contributed by atoms with E-state index in [4.69, 9.17) is 16.0 Å². The van der Waals surface area contributed by atoms with E-state index in [2.05, 4.69) is 21.3 Å². The first-order valence-electron chi connectivity index (χ1n) is 9.42. The number of rotatable bonds is 5. The van der Waals surface area contributed by atoms with Gasteiger partial charge in [0.2, 0.25) is 0 Å². The number of thioether (sulfide) groups is 1. The molecule has 10 heteroatoms. The predicted octanol–water partition coefficient (Wildman–Crippen LogP) is 7.19. The van der Waals surface area contributed by atoms with Crippen LogP contribution in [0.4, 0.5) is 0 Å². The number of aliphatic hydroxyl groups excluding tert-OH is 1. The van der Waals surface area contributed by atoms with Gasteiger partial charge in [-0.3, -0.25) is 0 Å². The molecule has 32 heavy (non-hydrogen) atoms. The lowest BCUT2D eigenvalue weighted by Crippen LogP contribution is -2.04. The molecule has 0 bridgehead atoms. The van der Waals surface area contributed by atoms with Crippen molar-refractivity contribution in [1.82, 2.24) is 15.2 Å². The van der Waals surface area contributed by atoms with Crippen molar-refractivity contribution in [3.8, 4) is 16.8 Å². The van der Waals surface area contributed by atoms with E-state index >= 15 is 0 Å². The number of para-hydroxylation sites is 1. The summed E-state index contributed by atoms with van der Waals surface area (Å²) in [6.07, 6.45) is 0. The van der Waals surface area contributed by atoms with Crippen LogP contribution in [0.5, 0.6) is 0 Å². The summed E-state index contributed by atoms with van der Waals surface area (Å²) in [6.45, 7) is 1.76. The van der Waals surface area contributed by atoms with Crippen molar-refractivity contribution in [3.05, 3.63) is 64.3 Å². The fourth-order valence-electron chi connectivity index (χ4n) is 3.10. The standard InChI is InChI=1S/C22H13ClN4O2S3/c1-11(18(28)13(10-24)21-25-14-7-3-5-9-16(14)32-21)30-22-27-26-20(29-22)19-17(23)12-6-2-4-8-15(12)31-19/h2-9,11,28H,1H3/b18-13-. The maximum absolute atomic E-state index is 10.8. The Balaban J connectivity index is 1.42. The highest BCUT2D eigenvalue weighted by molar-refractivity contribution is 7.99. The third-order valence-corrected chi connectivity index (χ3v) is 8.33. The van der Waals surface area contributed by atoms with Gasteiger partial charge < -0.3 is 9.52 Å². The minimum atomic E-state index is -0.497. The summed E-state index contributed by atoms with van der Waals surface area (Å²) in [5.41, 5.74) is 0.925. The summed E-state index contributed by atoms with van der Waals surface area (Å²) >= 11 is 10.5. The van der Waals surface area contributed by atoms with E-state index in [1.807, 2.05) is 48.5 Å². The SMILES string of the molecule is CC(Sc1nnc(-c2sc3ccccc3c2Cl)o1)/C(O)=C(\C#N)c1nc2ccccc2s1. The average Bonchev–Trinajstić information content (AvgIpc) is 3.51. The van der Waals surface area contributed by atoms with Gasteiger partial charge in [0, 0.05) is 10.1 Å². The Kier molecular flexibility index (Phi) is 5.61. The first-order valence-corrected chi connectivity index (χ1v) is 12.3. The third kappa shape index (κ3) is 3.76. The highest BCUT2D eigenvalue weighted by Crippen LogP contribution is 2.42. The van der Waals surface area contributed by atoms with Crippen LogP contribution in [-0.4, -0.2) is 25.5 Å². The number of nitrogens with zero attached hydrogens (tertiary/aromatic N) is 4. The topological polar surface area (TPSA) is 95.8 Å². The van der Waals surface area contributed by atoms with Crippen LogP contribution in [0.1, 0.15) is 11.9 Å². The van der Waals surface area contributed by atoms with Gasteiger partial charge in [-0.2, -0.15) is 5.26 Å². The van der Waals surface area contributed by atoms with Gasteiger partial charge in [0.05, 0.1) is 20.5 Å². The number of thiazole rings is 1. The molecule has 2 aromatic carbocycles. The lowest BCUT2D eigenvalue weighted by molar-refractivity contribution is 0.400. The van der Waals surface area contributed by atoms with Crippen LogP contribution in [0.25, 0.3) is 36.6 Å². The van der Waals surface area contributed by atoms with Crippen molar-refractivity contribution in [2.75, 3.05) is 0 Å². The second-order valence-corrected chi connectivity index (χ2v) is 10.5. The number of nitriles is 1. The Morgan fingerprint density at radius 1 is 1.12 bits per heavy atom. The quantitative estimate of drug-likeness (QED) is 0.156. The van der Waals surface area contributed by atoms with Gasteiger partial charge in [0.15, 0.2) is 0 Å². The Bertz CT molecular complexity index is 1500. The minimum absolute atomic E-state index is 0.0869. The number of aromatic nitrogens is 3. The molecule has 0 saturated carbocycles. The lowest BCUT2D eigenvalue weighted by Gasteiger charge is -2.08. The van der Waals surface area contributed by atoms with Crippen molar-refractivity contribution in [1.29, 1.82) is 5.26 Å². The number of thiophene rings is 1. The summed E-state index contributed by atoms with van der Waals surface area (Å²) in [5.74, 6) is 0.234. The molecular formula is C22H13ClN4O2S3. The van der Waals surface area contributed by atoms with Gasteiger partial charge >= 0.3 is 0 Å². The number of benzene rings is 2. The summed E-state index contributed by atoms with van der Waals surface area (Å²) in [5, 5.41) is 30.4. The molecule has 5 aromatic rings. The number of aliphatic hydroxyl groups is 1. The smallest absolute Gasteiger partial charge is 0.277 e. The molecule has 0 spiro atoms. The second kappa shape index (κ2) is 8.56. The Labute approximate surface area is 199 Å². The van der Waals surface area contributed by atoms with Crippen molar-refractivity contribution < 1.29 is 9.52 Å². The molecule has 0 aliphatic carbocycles. The van der Waals surface area contributed by atoms with E-state index in [9.17, 15) is 10.4 Å². The van der Waals surface area contributed by atoms with E-state index < -0.39 is 5.25 Å². The molecule has 5 rings (SSSR count). The molecule has 1 atom stereocenters. The van der Waals surface area contributed by atoms with Crippen LogP contribution < -0.4 is 0 Å². The number of halogens is 1. The van der Waals surface area contributed by atoms with Gasteiger partial charge in [-0.15, -0.1) is 32.9 Å². The van der Waals surface area contributed by atoms with Gasteiger partial charge in [0.25, 0.3) is 11.1 Å². The van der Waals surface area contributed by atoms with Gasteiger partial charge in [-0.1, -0.05) is 53.7 Å². The normalized spacial score (nSPS) is 13.3. The van der Waals surface area contributed by atoms with Crippen LogP contribution in [0.15, 0.2) is 63.9 Å². The molecule has 1 N–H and O–H groups in total. The largest absolute Gasteiger partial charge is 0.510 e. The van der Waals surface area contributed by atoms with Crippen molar-refractivity contribution in [3.63, 3.8) is 0 Å². The molecule has 0 amide bonds. The molecule has 3 aromatic heterocycles. The third-order valence-electron chi connectivity index (χ3n) is 4.67. The summed E-state index contributed by atoms with van der Waals surface area (Å²) in [4.78, 5) is 5.17. The average molecular weight is 497 g/mol. The maximum atomic E-state index is 10.8. The van der Waals surface area contributed by atoms with Crippen LogP contribution in [0.3, 0.4) is 0 Å². The predicted molar refractivity (Wildman–Crippen MR) is 130 cm³/mol. The zero-order chi connectivity index (χ0) is 22.2. The number of fused-ring (bicyclic) bond motifs is 2. The number of hydrogen-bond donors (Lipinski definition) is 1. The summed E-state index contributed by atoms with van der Waals surface area (Å²) in [6, 6.07) is 17.5. The molecule has 0 aliphatic rings. The van der Waals surface area contributed by atoms with Crippen LogP contribution >= 0.6 is 46.0 Å². The fourth-order valence-corrected chi connectivity index (χ4v) is 6.25. The molecule has 0 saturated heterocycles. The molecule has 0 fully saturated rings. The first kappa shape index (κ1) is 21.0. The molecule has 1 unspecified atom stereocenters. The zero-order valence-electron chi connectivity index (χ0n) is 16.4. The second-order valence-electron chi connectivity index (χ2n) is 6.73. The van der Waals surface area contributed by atoms with Gasteiger partial charge in [-0.05, 0) is 25.1 Å². The highest BCUT2D eigenvalue weighted by atomic mass is 35.5. The minimum Gasteiger partial charge on any atom is -0.510 e. The Hall–Kier alpha value is -2.90. The van der Waals surface area contributed by atoms with E-state index in [1.54, 1.807) is 6.92 Å². The van der Waals surface area contributed by atoms with E-state index in [0.29, 0.717) is 20.8 Å². The van der Waals surface area contributed by atoms with E-state index in [1.165, 1.54) is 22.7 Å². The van der Waals surface area contributed by atoms with Crippen LogP contribution in [0.2, 0.25) is 5.02 Å². The van der Waals surface area contributed by atoms with Gasteiger partial charge in [-0.25, -0.2) is 4.98 Å². The van der Waals surface area contributed by atoms with E-state index in [0.717, 1.165) is 32.1 Å². The first-order chi connectivity index (χ1) is 15.5. The Morgan fingerprint density at radius 2 is 1.88 bits per heavy atom. The molecule has 0 radical (unpaired) electrons. The van der Waals surface area contributed by atoms with Crippen molar-refractivity contribution in [2.45, 2.75) is 17.4 Å². The molecule has 158 valence electrons. The number of allylic oxidation sites excluding steroid dienone is 1. The zero-order valence-corrected chi connectivity index (χ0v) is 19.6. The fraction of sp³-hybridized carbons (Fsp3) is 0.0909. The molecular weight excluding hydrogens is 484 g/mol. The lowest BCUT2D eigenvalue weighted by atomic mass is 10.2. The Morgan fingerprint density at radius 3 is 2.62 bits per heavy atom. The summed E-state index contributed by atoms with van der Waals surface area (Å²) < 4.78 is 7.79. The van der Waals surface area contributed by atoms with Crippen LogP contribution in [-0.2, 0) is 0 Å². The van der Waals surface area contributed by atoms with Crippen LogP contribution in [0, 0.1) is 11.3 Å². The van der Waals surface area contributed by atoms with Crippen molar-refractivity contribution in [2.24, 2.45) is 0 Å². The summed E-state index contributed by atoms with van der Waals surface area (Å²) in [7, 11) is 0.